The van der Waals surface area contributed by atoms with Crippen molar-refractivity contribution in [2.75, 3.05) is 19.9 Å². The molecule has 0 aromatic heterocycles. The maximum Gasteiger partial charge on any atom is 0.323 e. The molecule has 32 heavy (non-hydrogen) atoms. The zero-order valence-corrected chi connectivity index (χ0v) is 18.1. The van der Waals surface area contributed by atoms with E-state index in [4.69, 9.17) is 4.74 Å². The van der Waals surface area contributed by atoms with Crippen LogP contribution in [0.3, 0.4) is 0 Å². The van der Waals surface area contributed by atoms with Crippen LogP contribution in [-0.4, -0.2) is 56.6 Å². The SMILES string of the molecule is COc1ccc2c(c1)C(=O)N(C[C@@]1(C#Cc3cccc(S(C)(=O)=O)c3)NC(=O)NC1=O)C2. The van der Waals surface area contributed by atoms with Gasteiger partial charge in [-0.1, -0.05) is 24.0 Å². The first kappa shape index (κ1) is 21.4. The van der Waals surface area contributed by atoms with Crippen molar-refractivity contribution in [1.82, 2.24) is 15.5 Å². The number of sulfone groups is 1. The molecule has 0 spiro atoms. The summed E-state index contributed by atoms with van der Waals surface area (Å²) in [6.45, 7) is 0.0630. The molecule has 2 N–H and O–H groups in total. The predicted molar refractivity (Wildman–Crippen MR) is 114 cm³/mol. The molecular weight excluding hydrogens is 434 g/mol. The van der Waals surface area contributed by atoms with Crippen molar-refractivity contribution in [2.24, 2.45) is 0 Å². The zero-order valence-electron chi connectivity index (χ0n) is 17.3. The molecule has 2 aromatic rings. The highest BCUT2D eigenvalue weighted by atomic mass is 32.2. The van der Waals surface area contributed by atoms with Gasteiger partial charge in [0.2, 0.25) is 5.54 Å². The summed E-state index contributed by atoms with van der Waals surface area (Å²) in [5.74, 6) is 5.07. The summed E-state index contributed by atoms with van der Waals surface area (Å²) in [6, 6.07) is 10.4. The number of carbonyl (C=O) groups is 3. The van der Waals surface area contributed by atoms with Crippen molar-refractivity contribution in [3.63, 3.8) is 0 Å². The van der Waals surface area contributed by atoms with Crippen LogP contribution in [0, 0.1) is 11.8 Å². The quantitative estimate of drug-likeness (QED) is 0.519. The molecule has 0 unspecified atom stereocenters. The van der Waals surface area contributed by atoms with Gasteiger partial charge in [0.05, 0.1) is 18.6 Å². The van der Waals surface area contributed by atoms with Crippen molar-refractivity contribution in [3.05, 3.63) is 59.2 Å². The van der Waals surface area contributed by atoms with Crippen molar-refractivity contribution in [2.45, 2.75) is 17.0 Å². The molecule has 2 heterocycles. The Bertz CT molecular complexity index is 1320. The van der Waals surface area contributed by atoms with E-state index in [9.17, 15) is 22.8 Å². The van der Waals surface area contributed by atoms with E-state index in [0.29, 0.717) is 16.9 Å². The number of nitrogens with one attached hydrogen (secondary N) is 2. The Morgan fingerprint density at radius 1 is 1.16 bits per heavy atom. The van der Waals surface area contributed by atoms with Gasteiger partial charge < -0.3 is 15.0 Å². The number of hydrogen-bond acceptors (Lipinski definition) is 6. The summed E-state index contributed by atoms with van der Waals surface area (Å²) in [5.41, 5.74) is -0.107. The molecule has 4 amide bonds. The molecule has 1 fully saturated rings. The van der Waals surface area contributed by atoms with Gasteiger partial charge in [0.1, 0.15) is 5.75 Å². The van der Waals surface area contributed by atoms with E-state index in [1.54, 1.807) is 24.3 Å². The minimum atomic E-state index is -3.44. The van der Waals surface area contributed by atoms with E-state index in [-0.39, 0.29) is 23.9 Å². The standard InChI is InChI=1S/C22H19N3O6S/c1-31-16-7-6-15-12-25(19(26)18(15)11-16)13-22(20(27)23-21(28)24-22)9-8-14-4-3-5-17(10-14)32(2,29)30/h3-7,10-11H,12-13H2,1-2H3,(H2,23,24,27,28)/t22-/m1/s1. The fourth-order valence-corrected chi connectivity index (χ4v) is 4.26. The van der Waals surface area contributed by atoms with E-state index >= 15 is 0 Å². The van der Waals surface area contributed by atoms with Crippen LogP contribution in [0.5, 0.6) is 5.75 Å². The highest BCUT2D eigenvalue weighted by molar-refractivity contribution is 7.90. The Labute approximate surface area is 184 Å². The number of rotatable bonds is 4. The van der Waals surface area contributed by atoms with Crippen molar-refractivity contribution >= 4 is 27.7 Å². The molecule has 0 radical (unpaired) electrons. The average molecular weight is 453 g/mol. The van der Waals surface area contributed by atoms with Gasteiger partial charge in [-0.3, -0.25) is 14.9 Å². The Morgan fingerprint density at radius 3 is 2.59 bits per heavy atom. The molecule has 2 aliphatic rings. The van der Waals surface area contributed by atoms with Gasteiger partial charge >= 0.3 is 6.03 Å². The molecule has 0 bridgehead atoms. The number of nitrogens with zero attached hydrogens (tertiary/aromatic N) is 1. The summed E-state index contributed by atoms with van der Waals surface area (Å²) in [4.78, 5) is 39.0. The van der Waals surface area contributed by atoms with E-state index in [2.05, 4.69) is 22.5 Å². The monoisotopic (exact) mass is 453 g/mol. The summed E-state index contributed by atoms with van der Waals surface area (Å²) in [5, 5.41) is 4.68. The topological polar surface area (TPSA) is 122 Å². The highest BCUT2D eigenvalue weighted by Gasteiger charge is 2.48. The first-order valence-electron chi connectivity index (χ1n) is 9.54. The first-order chi connectivity index (χ1) is 15.1. The van der Waals surface area contributed by atoms with Crippen LogP contribution in [-0.2, 0) is 21.2 Å². The largest absolute Gasteiger partial charge is 0.497 e. The zero-order chi connectivity index (χ0) is 23.1. The molecule has 1 atom stereocenters. The fourth-order valence-electron chi connectivity index (χ4n) is 3.60. The van der Waals surface area contributed by atoms with Crippen LogP contribution in [0.4, 0.5) is 4.79 Å². The molecular formula is C22H19N3O6S. The van der Waals surface area contributed by atoms with Crippen LogP contribution in [0.2, 0.25) is 0 Å². The Kier molecular flexibility index (Phi) is 5.14. The van der Waals surface area contributed by atoms with Gasteiger partial charge in [-0.2, -0.15) is 0 Å². The normalized spacial score (nSPS) is 19.7. The van der Waals surface area contributed by atoms with Crippen molar-refractivity contribution < 1.29 is 27.5 Å². The van der Waals surface area contributed by atoms with Gasteiger partial charge in [0.25, 0.3) is 11.8 Å². The molecule has 2 aromatic carbocycles. The maximum absolute atomic E-state index is 12.9. The number of imide groups is 1. The molecule has 10 heteroatoms. The van der Waals surface area contributed by atoms with E-state index in [1.807, 2.05) is 0 Å². The van der Waals surface area contributed by atoms with Crippen molar-refractivity contribution in [3.8, 4) is 17.6 Å². The lowest BCUT2D eigenvalue weighted by Crippen LogP contribution is -2.54. The predicted octanol–water partition coefficient (Wildman–Crippen LogP) is 0.684. The van der Waals surface area contributed by atoms with Crippen molar-refractivity contribution in [1.29, 1.82) is 0 Å². The van der Waals surface area contributed by atoms with Crippen LogP contribution in [0.15, 0.2) is 47.4 Å². The van der Waals surface area contributed by atoms with Gasteiger partial charge in [0, 0.05) is 23.9 Å². The minimum absolute atomic E-state index is 0.0809. The maximum atomic E-state index is 12.9. The summed E-state index contributed by atoms with van der Waals surface area (Å²) in [6.07, 6.45) is 1.08. The third-order valence-electron chi connectivity index (χ3n) is 5.25. The Balaban J connectivity index is 1.67. The van der Waals surface area contributed by atoms with Gasteiger partial charge in [-0.05, 0) is 35.9 Å². The second-order valence-corrected chi connectivity index (χ2v) is 9.56. The lowest BCUT2D eigenvalue weighted by Gasteiger charge is -2.26. The molecule has 2 aliphatic heterocycles. The second-order valence-electron chi connectivity index (χ2n) is 7.55. The number of hydrogen-bond donors (Lipinski definition) is 2. The number of benzene rings is 2. The molecule has 1 saturated heterocycles. The average Bonchev–Trinajstić information content (AvgIpc) is 3.21. The molecule has 164 valence electrons. The highest BCUT2D eigenvalue weighted by Crippen LogP contribution is 2.28. The molecule has 4 rings (SSSR count). The fraction of sp³-hybridized carbons (Fsp3) is 0.227. The third kappa shape index (κ3) is 3.90. The molecule has 0 aliphatic carbocycles. The lowest BCUT2D eigenvalue weighted by atomic mass is 9.99. The van der Waals surface area contributed by atoms with Crippen LogP contribution >= 0.6 is 0 Å². The summed E-state index contributed by atoms with van der Waals surface area (Å²) < 4.78 is 28.8. The number of fused-ring (bicyclic) bond motifs is 1. The lowest BCUT2D eigenvalue weighted by molar-refractivity contribution is -0.122. The number of methoxy groups -OCH3 is 1. The Morgan fingerprint density at radius 2 is 1.94 bits per heavy atom. The van der Waals surface area contributed by atoms with E-state index in [0.717, 1.165) is 11.8 Å². The van der Waals surface area contributed by atoms with Gasteiger partial charge in [0.15, 0.2) is 9.84 Å². The van der Waals surface area contributed by atoms with Crippen LogP contribution in [0.25, 0.3) is 0 Å². The van der Waals surface area contributed by atoms with Crippen LogP contribution in [0.1, 0.15) is 21.5 Å². The molecule has 0 saturated carbocycles. The molecule has 9 nitrogen and oxygen atoms in total. The van der Waals surface area contributed by atoms with Gasteiger partial charge in [-0.25, -0.2) is 13.2 Å². The minimum Gasteiger partial charge on any atom is -0.497 e. The second kappa shape index (κ2) is 7.69. The van der Waals surface area contributed by atoms with Crippen LogP contribution < -0.4 is 15.4 Å². The smallest absolute Gasteiger partial charge is 0.323 e. The number of amides is 4. The number of carbonyl (C=O) groups excluding carboxylic acids is 3. The van der Waals surface area contributed by atoms with E-state index in [1.165, 1.54) is 30.2 Å². The summed E-state index contributed by atoms with van der Waals surface area (Å²) in [7, 11) is -1.94. The number of ether oxygens (including phenoxy) is 1. The third-order valence-corrected chi connectivity index (χ3v) is 6.36. The summed E-state index contributed by atoms with van der Waals surface area (Å²) >= 11 is 0. The van der Waals surface area contributed by atoms with E-state index < -0.39 is 27.3 Å². The van der Waals surface area contributed by atoms with Gasteiger partial charge in [-0.15, -0.1) is 0 Å². The first-order valence-corrected chi connectivity index (χ1v) is 11.4. The number of urea groups is 1. The Hall–Kier alpha value is -3.84.